The van der Waals surface area contributed by atoms with Gasteiger partial charge in [0.25, 0.3) is 10.1 Å². The molecule has 0 fully saturated rings. The average molecular weight is 242 g/mol. The number of carbonyl (C=O) groups is 1. The quantitative estimate of drug-likeness (QED) is 0.634. The van der Waals surface area contributed by atoms with Crippen LogP contribution in [0.15, 0.2) is 23.1 Å². The highest BCUT2D eigenvalue weighted by Gasteiger charge is 2.12. The smallest absolute Gasteiger partial charge is 0.294 e. The highest BCUT2D eigenvalue weighted by Crippen LogP contribution is 2.16. The molecule has 0 amide bonds. The predicted octanol–water partition coefficient (Wildman–Crippen LogP) is 2.09. The van der Waals surface area contributed by atoms with Crippen LogP contribution < -0.4 is 0 Å². The standard InChI is InChI=1S/C11H14O4S/c1-2-3-4-9-7-11(16(13,14)15)6-5-10(9)8-12/h5-8H,2-4H2,1H3,(H,13,14,15). The Balaban J connectivity index is 3.16. The second kappa shape index (κ2) is 5.23. The fourth-order valence-corrected chi connectivity index (χ4v) is 1.97. The van der Waals surface area contributed by atoms with Crippen LogP contribution in [0.3, 0.4) is 0 Å². The van der Waals surface area contributed by atoms with Crippen molar-refractivity contribution in [2.75, 3.05) is 0 Å². The van der Waals surface area contributed by atoms with Gasteiger partial charge >= 0.3 is 0 Å². The molecule has 0 bridgehead atoms. The molecule has 0 radical (unpaired) electrons. The number of aldehydes is 1. The Labute approximate surface area is 95.0 Å². The van der Waals surface area contributed by atoms with Crippen LogP contribution in [0.1, 0.15) is 35.7 Å². The average Bonchev–Trinajstić information content (AvgIpc) is 2.24. The van der Waals surface area contributed by atoms with E-state index < -0.39 is 10.1 Å². The Bertz CT molecular complexity index is 477. The van der Waals surface area contributed by atoms with E-state index in [-0.39, 0.29) is 4.90 Å². The Hall–Kier alpha value is -1.20. The molecule has 5 heteroatoms. The van der Waals surface area contributed by atoms with Gasteiger partial charge in [-0.3, -0.25) is 9.35 Å². The fraction of sp³-hybridized carbons (Fsp3) is 0.364. The third-order valence-electron chi connectivity index (χ3n) is 2.34. The van der Waals surface area contributed by atoms with Gasteiger partial charge in [0, 0.05) is 5.56 Å². The summed E-state index contributed by atoms with van der Waals surface area (Å²) in [5, 5.41) is 0. The molecule has 0 aliphatic rings. The second-order valence-electron chi connectivity index (χ2n) is 3.56. The van der Waals surface area contributed by atoms with E-state index >= 15 is 0 Å². The van der Waals surface area contributed by atoms with Gasteiger partial charge in [0.05, 0.1) is 4.90 Å². The first-order valence-corrected chi connectivity index (χ1v) is 6.48. The zero-order valence-electron chi connectivity index (χ0n) is 9.01. The van der Waals surface area contributed by atoms with Crippen molar-refractivity contribution in [1.29, 1.82) is 0 Å². The summed E-state index contributed by atoms with van der Waals surface area (Å²) in [5.74, 6) is 0. The summed E-state index contributed by atoms with van der Waals surface area (Å²) in [4.78, 5) is 10.6. The van der Waals surface area contributed by atoms with Crippen molar-refractivity contribution in [3.05, 3.63) is 29.3 Å². The topological polar surface area (TPSA) is 71.4 Å². The number of aryl methyl sites for hydroxylation is 1. The number of hydrogen-bond acceptors (Lipinski definition) is 3. The first-order chi connectivity index (χ1) is 7.49. The van der Waals surface area contributed by atoms with Crippen molar-refractivity contribution in [3.8, 4) is 0 Å². The number of hydrogen-bond donors (Lipinski definition) is 1. The number of rotatable bonds is 5. The maximum atomic E-state index is 10.9. The van der Waals surface area contributed by atoms with Gasteiger partial charge < -0.3 is 0 Å². The lowest BCUT2D eigenvalue weighted by Crippen LogP contribution is -2.01. The number of unbranched alkanes of at least 4 members (excludes halogenated alkanes) is 1. The van der Waals surface area contributed by atoms with E-state index in [4.69, 9.17) is 4.55 Å². The molecule has 0 aliphatic carbocycles. The van der Waals surface area contributed by atoms with E-state index in [1.165, 1.54) is 18.2 Å². The number of benzene rings is 1. The third-order valence-corrected chi connectivity index (χ3v) is 3.19. The van der Waals surface area contributed by atoms with Gasteiger partial charge in [0.1, 0.15) is 6.29 Å². The van der Waals surface area contributed by atoms with Gasteiger partial charge in [0.2, 0.25) is 0 Å². The van der Waals surface area contributed by atoms with Crippen LogP contribution in [0.4, 0.5) is 0 Å². The van der Waals surface area contributed by atoms with Crippen molar-refractivity contribution in [2.45, 2.75) is 31.1 Å². The van der Waals surface area contributed by atoms with Gasteiger partial charge in [-0.2, -0.15) is 8.42 Å². The molecule has 0 saturated heterocycles. The molecule has 1 rings (SSSR count). The van der Waals surface area contributed by atoms with Crippen LogP contribution in [0, 0.1) is 0 Å². The molecule has 1 N–H and O–H groups in total. The Kier molecular flexibility index (Phi) is 4.20. The van der Waals surface area contributed by atoms with Crippen LogP contribution in [-0.2, 0) is 16.5 Å². The van der Waals surface area contributed by atoms with Crippen molar-refractivity contribution in [2.24, 2.45) is 0 Å². The lowest BCUT2D eigenvalue weighted by molar-refractivity contribution is 0.112. The molecule has 0 atom stereocenters. The van der Waals surface area contributed by atoms with E-state index in [1.807, 2.05) is 6.92 Å². The molecular formula is C11H14O4S. The summed E-state index contributed by atoms with van der Waals surface area (Å²) in [7, 11) is -4.19. The second-order valence-corrected chi connectivity index (χ2v) is 4.98. The minimum Gasteiger partial charge on any atom is -0.298 e. The Morgan fingerprint density at radius 2 is 2.06 bits per heavy atom. The first kappa shape index (κ1) is 12.9. The van der Waals surface area contributed by atoms with E-state index in [2.05, 4.69) is 0 Å². The van der Waals surface area contributed by atoms with Crippen LogP contribution >= 0.6 is 0 Å². The molecule has 1 aromatic rings. The summed E-state index contributed by atoms with van der Waals surface area (Å²) in [6.07, 6.45) is 3.15. The Morgan fingerprint density at radius 3 is 2.56 bits per heavy atom. The van der Waals surface area contributed by atoms with E-state index in [0.29, 0.717) is 23.8 Å². The molecule has 88 valence electrons. The van der Waals surface area contributed by atoms with E-state index in [9.17, 15) is 13.2 Å². The SMILES string of the molecule is CCCCc1cc(S(=O)(=O)O)ccc1C=O. The molecule has 16 heavy (non-hydrogen) atoms. The van der Waals surface area contributed by atoms with Crippen molar-refractivity contribution in [1.82, 2.24) is 0 Å². The molecule has 0 aliphatic heterocycles. The first-order valence-electron chi connectivity index (χ1n) is 5.04. The van der Waals surface area contributed by atoms with E-state index in [1.54, 1.807) is 0 Å². The zero-order chi connectivity index (χ0) is 12.2. The Morgan fingerprint density at radius 1 is 1.38 bits per heavy atom. The molecule has 0 aromatic heterocycles. The minimum atomic E-state index is -4.19. The lowest BCUT2D eigenvalue weighted by Gasteiger charge is -2.05. The maximum absolute atomic E-state index is 10.9. The third kappa shape index (κ3) is 3.15. The summed E-state index contributed by atoms with van der Waals surface area (Å²) in [6, 6.07) is 4.00. The summed E-state index contributed by atoms with van der Waals surface area (Å²) in [5.41, 5.74) is 1.13. The van der Waals surface area contributed by atoms with Gasteiger partial charge in [0.15, 0.2) is 0 Å². The molecule has 0 heterocycles. The molecule has 1 aromatic carbocycles. The van der Waals surface area contributed by atoms with Crippen LogP contribution in [0.25, 0.3) is 0 Å². The van der Waals surface area contributed by atoms with Crippen LogP contribution in [-0.4, -0.2) is 19.3 Å². The molecule has 4 nitrogen and oxygen atoms in total. The molecule has 0 saturated carbocycles. The highest BCUT2D eigenvalue weighted by molar-refractivity contribution is 7.85. The summed E-state index contributed by atoms with van der Waals surface area (Å²) < 4.78 is 30.7. The largest absolute Gasteiger partial charge is 0.298 e. The fourth-order valence-electron chi connectivity index (χ4n) is 1.44. The van der Waals surface area contributed by atoms with Gasteiger partial charge in [-0.15, -0.1) is 0 Å². The minimum absolute atomic E-state index is 0.163. The lowest BCUT2D eigenvalue weighted by atomic mass is 10.0. The van der Waals surface area contributed by atoms with Crippen LogP contribution in [0.5, 0.6) is 0 Å². The maximum Gasteiger partial charge on any atom is 0.294 e. The zero-order valence-corrected chi connectivity index (χ0v) is 9.83. The summed E-state index contributed by atoms with van der Waals surface area (Å²) in [6.45, 7) is 2.01. The normalized spacial score (nSPS) is 11.4. The van der Waals surface area contributed by atoms with Crippen molar-refractivity contribution >= 4 is 16.4 Å². The van der Waals surface area contributed by atoms with Crippen molar-refractivity contribution in [3.63, 3.8) is 0 Å². The highest BCUT2D eigenvalue weighted by atomic mass is 32.2. The van der Waals surface area contributed by atoms with Gasteiger partial charge in [-0.05, 0) is 30.5 Å². The van der Waals surface area contributed by atoms with E-state index in [0.717, 1.165) is 12.8 Å². The predicted molar refractivity (Wildman–Crippen MR) is 60.3 cm³/mol. The molecule has 0 unspecified atom stereocenters. The van der Waals surface area contributed by atoms with Crippen molar-refractivity contribution < 1.29 is 17.8 Å². The summed E-state index contributed by atoms with van der Waals surface area (Å²) >= 11 is 0. The monoisotopic (exact) mass is 242 g/mol. The number of carbonyl (C=O) groups excluding carboxylic acids is 1. The van der Waals surface area contributed by atoms with Gasteiger partial charge in [-0.1, -0.05) is 19.4 Å². The molecular weight excluding hydrogens is 228 g/mol. The van der Waals surface area contributed by atoms with Crippen LogP contribution in [0.2, 0.25) is 0 Å². The van der Waals surface area contributed by atoms with Gasteiger partial charge in [-0.25, -0.2) is 0 Å². The molecule has 0 spiro atoms.